The van der Waals surface area contributed by atoms with E-state index >= 15 is 0 Å². The van der Waals surface area contributed by atoms with Crippen LogP contribution in [0, 0.1) is 0 Å². The maximum absolute atomic E-state index is 12.3. The fourth-order valence-electron chi connectivity index (χ4n) is 2.48. The molecule has 0 spiro atoms. The van der Waals surface area contributed by atoms with Crippen LogP contribution in [0.2, 0.25) is 0 Å². The summed E-state index contributed by atoms with van der Waals surface area (Å²) in [6.45, 7) is -0.174. The normalized spacial score (nSPS) is 12.7. The van der Waals surface area contributed by atoms with Gasteiger partial charge in [0.1, 0.15) is 5.75 Å². The van der Waals surface area contributed by atoms with Crippen molar-refractivity contribution in [1.29, 1.82) is 0 Å². The van der Waals surface area contributed by atoms with Crippen LogP contribution in [0.1, 0.15) is 16.2 Å². The highest BCUT2D eigenvalue weighted by atomic mass is 16.5. The van der Waals surface area contributed by atoms with Crippen LogP contribution in [-0.2, 0) is 16.1 Å². The molecule has 0 atom stereocenters. The van der Waals surface area contributed by atoms with E-state index in [4.69, 9.17) is 9.47 Å². The second-order valence-corrected chi connectivity index (χ2v) is 5.47. The van der Waals surface area contributed by atoms with Gasteiger partial charge in [0.2, 0.25) is 0 Å². The van der Waals surface area contributed by atoms with Gasteiger partial charge in [0, 0.05) is 0 Å². The largest absolute Gasteiger partial charge is 0.482 e. The topological polar surface area (TPSA) is 108 Å². The number of para-hydroxylation sites is 1. The summed E-state index contributed by atoms with van der Waals surface area (Å²) >= 11 is 0. The lowest BCUT2D eigenvalue weighted by Gasteiger charge is -2.18. The molecule has 1 aromatic heterocycles. The average Bonchev–Trinajstić information content (AvgIpc) is 3.15. The van der Waals surface area contributed by atoms with Crippen LogP contribution >= 0.6 is 0 Å². The van der Waals surface area contributed by atoms with Crippen LogP contribution < -0.4 is 10.1 Å². The van der Waals surface area contributed by atoms with E-state index in [-0.39, 0.29) is 19.1 Å². The monoisotopic (exact) mass is 351 g/mol. The van der Waals surface area contributed by atoms with E-state index in [1.54, 1.807) is 12.1 Å². The molecule has 1 amide bonds. The third-order valence-electron chi connectivity index (χ3n) is 3.72. The van der Waals surface area contributed by atoms with Crippen LogP contribution in [0.3, 0.4) is 0 Å². The summed E-state index contributed by atoms with van der Waals surface area (Å²) in [7, 11) is 0. The van der Waals surface area contributed by atoms with Gasteiger partial charge in [0.25, 0.3) is 5.91 Å². The zero-order valence-electron chi connectivity index (χ0n) is 13.5. The Morgan fingerprint density at radius 1 is 1.23 bits per heavy atom. The predicted molar refractivity (Wildman–Crippen MR) is 88.8 cm³/mol. The molecular formula is C17H13N5O4. The molecule has 2 heterocycles. The molecule has 0 fully saturated rings. The van der Waals surface area contributed by atoms with Crippen LogP contribution in [-0.4, -0.2) is 38.7 Å². The van der Waals surface area contributed by atoms with E-state index in [0.717, 1.165) is 5.69 Å². The summed E-state index contributed by atoms with van der Waals surface area (Å²) in [4.78, 5) is 23.6. The Morgan fingerprint density at radius 3 is 2.92 bits per heavy atom. The molecule has 0 bridgehead atoms. The molecule has 9 heteroatoms. The number of hydrogen-bond donors (Lipinski definition) is 1. The zero-order valence-corrected chi connectivity index (χ0v) is 13.5. The smallest absolute Gasteiger partial charge is 0.338 e. The number of carbonyl (C=O) groups is 2. The maximum Gasteiger partial charge on any atom is 0.338 e. The van der Waals surface area contributed by atoms with Crippen LogP contribution in [0.4, 0.5) is 5.69 Å². The van der Waals surface area contributed by atoms with Gasteiger partial charge in [-0.3, -0.25) is 4.79 Å². The SMILES string of the molecule is O=C1COc2cc(C(=O)OCc3nnnn3-c3ccccc3)ccc2N1. The Kier molecular flexibility index (Phi) is 4.02. The molecule has 0 radical (unpaired) electrons. The van der Waals surface area contributed by atoms with E-state index in [1.165, 1.54) is 10.7 Å². The number of nitrogens with zero attached hydrogens (tertiary/aromatic N) is 4. The molecule has 26 heavy (non-hydrogen) atoms. The van der Waals surface area contributed by atoms with Gasteiger partial charge in [-0.15, -0.1) is 5.10 Å². The van der Waals surface area contributed by atoms with Gasteiger partial charge < -0.3 is 14.8 Å². The molecule has 1 aliphatic heterocycles. The van der Waals surface area contributed by atoms with Crippen molar-refractivity contribution < 1.29 is 19.1 Å². The minimum Gasteiger partial charge on any atom is -0.482 e. The van der Waals surface area contributed by atoms with Crippen molar-refractivity contribution in [2.24, 2.45) is 0 Å². The van der Waals surface area contributed by atoms with Crippen molar-refractivity contribution in [3.8, 4) is 11.4 Å². The van der Waals surface area contributed by atoms with Crippen molar-refractivity contribution in [3.05, 3.63) is 59.9 Å². The van der Waals surface area contributed by atoms with E-state index in [9.17, 15) is 9.59 Å². The summed E-state index contributed by atoms with van der Waals surface area (Å²) < 4.78 is 12.1. The number of carbonyl (C=O) groups excluding carboxylic acids is 2. The van der Waals surface area contributed by atoms with E-state index in [2.05, 4.69) is 20.8 Å². The second kappa shape index (κ2) is 6.63. The Labute approximate surface area is 147 Å². The van der Waals surface area contributed by atoms with E-state index in [1.807, 2.05) is 30.3 Å². The first-order chi connectivity index (χ1) is 12.7. The predicted octanol–water partition coefficient (Wildman–Crippen LogP) is 1.35. The molecule has 2 aromatic carbocycles. The van der Waals surface area contributed by atoms with Gasteiger partial charge >= 0.3 is 5.97 Å². The molecule has 0 saturated carbocycles. The highest BCUT2D eigenvalue weighted by molar-refractivity contribution is 5.97. The Morgan fingerprint density at radius 2 is 2.08 bits per heavy atom. The van der Waals surface area contributed by atoms with Gasteiger partial charge in [0.15, 0.2) is 19.0 Å². The molecule has 1 N–H and O–H groups in total. The highest BCUT2D eigenvalue weighted by Gasteiger charge is 2.19. The maximum atomic E-state index is 12.3. The lowest BCUT2D eigenvalue weighted by Crippen LogP contribution is -2.25. The van der Waals surface area contributed by atoms with Gasteiger partial charge in [-0.2, -0.15) is 4.68 Å². The number of tetrazole rings is 1. The number of esters is 1. The number of nitrogens with one attached hydrogen (secondary N) is 1. The summed E-state index contributed by atoms with van der Waals surface area (Å²) in [6.07, 6.45) is 0. The van der Waals surface area contributed by atoms with Gasteiger partial charge in [-0.05, 0) is 40.8 Å². The Bertz CT molecular complexity index is 970. The fraction of sp³-hybridized carbons (Fsp3) is 0.118. The summed E-state index contributed by atoms with van der Waals surface area (Å²) in [5, 5.41) is 14.1. The molecular weight excluding hydrogens is 338 g/mol. The number of fused-ring (bicyclic) bond motifs is 1. The number of ether oxygens (including phenoxy) is 2. The second-order valence-electron chi connectivity index (χ2n) is 5.47. The first-order valence-corrected chi connectivity index (χ1v) is 7.77. The number of anilines is 1. The molecule has 0 saturated heterocycles. The van der Waals surface area contributed by atoms with Crippen LogP contribution in [0.15, 0.2) is 48.5 Å². The Balaban J connectivity index is 1.47. The van der Waals surface area contributed by atoms with E-state index < -0.39 is 5.97 Å². The van der Waals surface area contributed by atoms with Crippen LogP contribution in [0.25, 0.3) is 5.69 Å². The molecule has 9 nitrogen and oxygen atoms in total. The minimum atomic E-state index is -0.545. The average molecular weight is 351 g/mol. The quantitative estimate of drug-likeness (QED) is 0.707. The first kappa shape index (κ1) is 15.8. The molecule has 4 rings (SSSR count). The Hall–Kier alpha value is -3.75. The number of amides is 1. The standard InChI is InChI=1S/C17H13N5O4/c23-16-10-25-14-8-11(6-7-13(14)18-16)17(24)26-9-15-19-20-21-22(15)12-4-2-1-3-5-12/h1-8H,9-10H2,(H,18,23). The van der Waals surface area contributed by atoms with E-state index in [0.29, 0.717) is 22.8 Å². The number of aromatic nitrogens is 4. The lowest BCUT2D eigenvalue weighted by molar-refractivity contribution is -0.118. The van der Waals surface area contributed by atoms with Gasteiger partial charge in [0.05, 0.1) is 16.9 Å². The van der Waals surface area contributed by atoms with Crippen molar-refractivity contribution in [2.75, 3.05) is 11.9 Å². The van der Waals surface area contributed by atoms with Gasteiger partial charge in [-0.1, -0.05) is 18.2 Å². The number of rotatable bonds is 4. The molecule has 130 valence electrons. The third-order valence-corrected chi connectivity index (χ3v) is 3.72. The summed E-state index contributed by atoms with van der Waals surface area (Å²) in [5.74, 6) is 0.0377. The highest BCUT2D eigenvalue weighted by Crippen LogP contribution is 2.28. The van der Waals surface area contributed by atoms with Crippen molar-refractivity contribution in [3.63, 3.8) is 0 Å². The lowest BCUT2D eigenvalue weighted by atomic mass is 10.1. The van der Waals surface area contributed by atoms with Crippen molar-refractivity contribution >= 4 is 17.6 Å². The summed E-state index contributed by atoms with van der Waals surface area (Å²) in [6, 6.07) is 14.0. The summed E-state index contributed by atoms with van der Waals surface area (Å²) in [5.41, 5.74) is 1.59. The third kappa shape index (κ3) is 3.09. The molecule has 0 aliphatic carbocycles. The number of hydrogen-bond acceptors (Lipinski definition) is 7. The van der Waals surface area contributed by atoms with Gasteiger partial charge in [-0.25, -0.2) is 4.79 Å². The zero-order chi connectivity index (χ0) is 17.9. The molecule has 1 aliphatic rings. The van der Waals surface area contributed by atoms with Crippen molar-refractivity contribution in [1.82, 2.24) is 20.2 Å². The molecule has 0 unspecified atom stereocenters. The fourth-order valence-corrected chi connectivity index (χ4v) is 2.48. The first-order valence-electron chi connectivity index (χ1n) is 7.77. The minimum absolute atomic E-state index is 0.0860. The molecule has 3 aromatic rings. The van der Waals surface area contributed by atoms with Crippen LogP contribution in [0.5, 0.6) is 5.75 Å². The number of benzene rings is 2. The van der Waals surface area contributed by atoms with Crippen molar-refractivity contribution in [2.45, 2.75) is 6.61 Å².